The molecule has 0 bridgehead atoms. The number of carboxylic acids is 1. The standard InChI is InChI=1S/C15H20N2O4/c1-17-9-11(5-6-12(17)18)13(19)16-10-15(14(20)21)7-3-2-4-8-15/h5-6,9H,2-4,7-8,10H2,1H3,(H,16,19)(H,20,21). The minimum Gasteiger partial charge on any atom is -0.481 e. The highest BCUT2D eigenvalue weighted by Gasteiger charge is 2.39. The fourth-order valence-electron chi connectivity index (χ4n) is 2.77. The number of carboxylic acid groups (broad SMARTS) is 1. The van der Waals surface area contributed by atoms with E-state index in [9.17, 15) is 19.5 Å². The van der Waals surface area contributed by atoms with Gasteiger partial charge < -0.3 is 15.0 Å². The quantitative estimate of drug-likeness (QED) is 0.871. The number of aromatic nitrogens is 1. The van der Waals surface area contributed by atoms with Crippen LogP contribution in [-0.2, 0) is 11.8 Å². The molecular weight excluding hydrogens is 272 g/mol. The molecule has 0 unspecified atom stereocenters. The van der Waals surface area contributed by atoms with Crippen LogP contribution in [0.3, 0.4) is 0 Å². The van der Waals surface area contributed by atoms with Gasteiger partial charge in [0.1, 0.15) is 0 Å². The summed E-state index contributed by atoms with van der Waals surface area (Å²) in [6.45, 7) is 0.129. The maximum Gasteiger partial charge on any atom is 0.311 e. The van der Waals surface area contributed by atoms with Crippen molar-refractivity contribution >= 4 is 11.9 Å². The predicted molar refractivity (Wildman–Crippen MR) is 77.2 cm³/mol. The Morgan fingerprint density at radius 1 is 1.29 bits per heavy atom. The molecule has 0 aromatic carbocycles. The summed E-state index contributed by atoms with van der Waals surface area (Å²) in [5.41, 5.74) is -0.691. The van der Waals surface area contributed by atoms with Crippen molar-refractivity contribution in [3.8, 4) is 0 Å². The van der Waals surface area contributed by atoms with E-state index in [1.54, 1.807) is 7.05 Å². The van der Waals surface area contributed by atoms with Crippen molar-refractivity contribution in [2.75, 3.05) is 6.54 Å². The lowest BCUT2D eigenvalue weighted by atomic mass is 9.74. The normalized spacial score (nSPS) is 17.2. The molecule has 1 aromatic heterocycles. The Morgan fingerprint density at radius 3 is 2.52 bits per heavy atom. The highest BCUT2D eigenvalue weighted by atomic mass is 16.4. The van der Waals surface area contributed by atoms with Gasteiger partial charge in [0.15, 0.2) is 0 Å². The van der Waals surface area contributed by atoms with Crippen LogP contribution in [0.5, 0.6) is 0 Å². The Balaban J connectivity index is 2.06. The minimum absolute atomic E-state index is 0.129. The van der Waals surface area contributed by atoms with E-state index in [1.165, 1.54) is 22.9 Å². The number of hydrogen-bond acceptors (Lipinski definition) is 3. The summed E-state index contributed by atoms with van der Waals surface area (Å²) < 4.78 is 1.32. The third kappa shape index (κ3) is 3.32. The zero-order chi connectivity index (χ0) is 15.5. The topological polar surface area (TPSA) is 88.4 Å². The van der Waals surface area contributed by atoms with Gasteiger partial charge in [-0.15, -0.1) is 0 Å². The van der Waals surface area contributed by atoms with Gasteiger partial charge in [-0.2, -0.15) is 0 Å². The van der Waals surface area contributed by atoms with E-state index < -0.39 is 11.4 Å². The molecule has 1 heterocycles. The van der Waals surface area contributed by atoms with Crippen LogP contribution < -0.4 is 10.9 Å². The van der Waals surface area contributed by atoms with Crippen LogP contribution in [-0.4, -0.2) is 28.1 Å². The molecule has 1 aliphatic rings. The summed E-state index contributed by atoms with van der Waals surface area (Å²) in [6.07, 6.45) is 5.44. The number of nitrogens with one attached hydrogen (secondary N) is 1. The first kappa shape index (κ1) is 15.3. The van der Waals surface area contributed by atoms with Gasteiger partial charge in [-0.3, -0.25) is 14.4 Å². The average molecular weight is 292 g/mol. The second kappa shape index (κ2) is 6.11. The maximum atomic E-state index is 12.1. The molecule has 2 rings (SSSR count). The number of hydrogen-bond donors (Lipinski definition) is 2. The summed E-state index contributed by atoms with van der Waals surface area (Å²) in [4.78, 5) is 34.9. The second-order valence-corrected chi connectivity index (χ2v) is 5.70. The van der Waals surface area contributed by atoms with Crippen molar-refractivity contribution in [2.45, 2.75) is 32.1 Å². The molecular formula is C15H20N2O4. The molecule has 1 amide bonds. The summed E-state index contributed by atoms with van der Waals surface area (Å²) >= 11 is 0. The van der Waals surface area contributed by atoms with Crippen LogP contribution in [0, 0.1) is 5.41 Å². The number of rotatable bonds is 4. The van der Waals surface area contributed by atoms with Gasteiger partial charge in [0.25, 0.3) is 5.91 Å². The van der Waals surface area contributed by atoms with Gasteiger partial charge in [-0.05, 0) is 18.9 Å². The smallest absolute Gasteiger partial charge is 0.311 e. The summed E-state index contributed by atoms with van der Waals surface area (Å²) in [5.74, 6) is -1.19. The Labute approximate surface area is 122 Å². The first-order chi connectivity index (χ1) is 9.94. The number of carbonyl (C=O) groups excluding carboxylic acids is 1. The SMILES string of the molecule is Cn1cc(C(=O)NCC2(C(=O)O)CCCCC2)ccc1=O. The molecule has 1 saturated carbocycles. The molecule has 6 heteroatoms. The first-order valence-corrected chi connectivity index (χ1v) is 7.13. The highest BCUT2D eigenvalue weighted by molar-refractivity contribution is 5.94. The van der Waals surface area contributed by atoms with E-state index in [4.69, 9.17) is 0 Å². The molecule has 21 heavy (non-hydrogen) atoms. The number of nitrogens with zero attached hydrogens (tertiary/aromatic N) is 1. The molecule has 1 aromatic rings. The average Bonchev–Trinajstić information content (AvgIpc) is 2.48. The molecule has 1 aliphatic carbocycles. The van der Waals surface area contributed by atoms with E-state index in [0.717, 1.165) is 19.3 Å². The molecule has 0 atom stereocenters. The van der Waals surface area contributed by atoms with E-state index >= 15 is 0 Å². The molecule has 2 N–H and O–H groups in total. The predicted octanol–water partition coefficient (Wildman–Crippen LogP) is 1.15. The number of pyridine rings is 1. The second-order valence-electron chi connectivity index (χ2n) is 5.70. The number of amides is 1. The Kier molecular flexibility index (Phi) is 4.45. The maximum absolute atomic E-state index is 12.1. The lowest BCUT2D eigenvalue weighted by Crippen LogP contribution is -2.44. The van der Waals surface area contributed by atoms with Crippen molar-refractivity contribution in [2.24, 2.45) is 12.5 Å². The molecule has 0 radical (unpaired) electrons. The fraction of sp³-hybridized carbons (Fsp3) is 0.533. The van der Waals surface area contributed by atoms with Crippen LogP contribution in [0.2, 0.25) is 0 Å². The van der Waals surface area contributed by atoms with Crippen molar-refractivity contribution in [1.29, 1.82) is 0 Å². The van der Waals surface area contributed by atoms with Crippen LogP contribution in [0.15, 0.2) is 23.1 Å². The monoisotopic (exact) mass is 292 g/mol. The van der Waals surface area contributed by atoms with Crippen molar-refractivity contribution in [3.63, 3.8) is 0 Å². The summed E-state index contributed by atoms with van der Waals surface area (Å²) in [6, 6.07) is 2.77. The van der Waals surface area contributed by atoms with E-state index in [-0.39, 0.29) is 18.0 Å². The Bertz CT molecular complexity index is 600. The van der Waals surface area contributed by atoms with Gasteiger partial charge in [0.2, 0.25) is 5.56 Å². The largest absolute Gasteiger partial charge is 0.481 e. The van der Waals surface area contributed by atoms with Gasteiger partial charge in [0, 0.05) is 25.9 Å². The van der Waals surface area contributed by atoms with E-state index in [1.807, 2.05) is 0 Å². The molecule has 1 fully saturated rings. The number of carbonyl (C=O) groups is 2. The molecule has 0 saturated heterocycles. The Morgan fingerprint density at radius 2 is 1.95 bits per heavy atom. The third-order valence-electron chi connectivity index (χ3n) is 4.20. The summed E-state index contributed by atoms with van der Waals surface area (Å²) in [7, 11) is 1.57. The molecule has 6 nitrogen and oxygen atoms in total. The van der Waals surface area contributed by atoms with Crippen LogP contribution in [0.4, 0.5) is 0 Å². The third-order valence-corrected chi connectivity index (χ3v) is 4.20. The fourth-order valence-corrected chi connectivity index (χ4v) is 2.77. The van der Waals surface area contributed by atoms with Crippen LogP contribution in [0.25, 0.3) is 0 Å². The van der Waals surface area contributed by atoms with Crippen molar-refractivity contribution in [1.82, 2.24) is 9.88 Å². The van der Waals surface area contributed by atoms with Crippen LogP contribution in [0.1, 0.15) is 42.5 Å². The molecule has 114 valence electrons. The number of aryl methyl sites for hydroxylation is 1. The molecule has 0 aliphatic heterocycles. The van der Waals surface area contributed by atoms with Gasteiger partial charge in [-0.1, -0.05) is 19.3 Å². The van der Waals surface area contributed by atoms with Gasteiger partial charge in [-0.25, -0.2) is 0 Å². The van der Waals surface area contributed by atoms with Crippen molar-refractivity contribution < 1.29 is 14.7 Å². The van der Waals surface area contributed by atoms with Crippen molar-refractivity contribution in [3.05, 3.63) is 34.2 Å². The van der Waals surface area contributed by atoms with Gasteiger partial charge in [0.05, 0.1) is 11.0 Å². The first-order valence-electron chi connectivity index (χ1n) is 7.13. The zero-order valence-electron chi connectivity index (χ0n) is 12.1. The lowest BCUT2D eigenvalue weighted by Gasteiger charge is -2.33. The minimum atomic E-state index is -0.853. The lowest BCUT2D eigenvalue weighted by molar-refractivity contribution is -0.150. The zero-order valence-corrected chi connectivity index (χ0v) is 12.1. The van der Waals surface area contributed by atoms with E-state index in [0.29, 0.717) is 18.4 Å². The molecule has 0 spiro atoms. The highest BCUT2D eigenvalue weighted by Crippen LogP contribution is 2.36. The van der Waals surface area contributed by atoms with Gasteiger partial charge >= 0.3 is 5.97 Å². The van der Waals surface area contributed by atoms with Crippen LogP contribution >= 0.6 is 0 Å². The van der Waals surface area contributed by atoms with E-state index in [2.05, 4.69) is 5.32 Å². The summed E-state index contributed by atoms with van der Waals surface area (Å²) in [5, 5.41) is 12.2. The number of aliphatic carboxylic acids is 1. The Hall–Kier alpha value is -2.11.